The van der Waals surface area contributed by atoms with Gasteiger partial charge in [-0.25, -0.2) is 0 Å². The van der Waals surface area contributed by atoms with Gasteiger partial charge in [0.05, 0.1) is 6.29 Å². The summed E-state index contributed by atoms with van der Waals surface area (Å²) in [6.07, 6.45) is 1.68. The van der Waals surface area contributed by atoms with Crippen molar-refractivity contribution < 1.29 is 16.2 Å². The van der Waals surface area contributed by atoms with Gasteiger partial charge in [0, 0.05) is 5.02 Å². The van der Waals surface area contributed by atoms with Gasteiger partial charge in [-0.2, -0.15) is 17.7 Å². The summed E-state index contributed by atoms with van der Waals surface area (Å²) in [5.41, 5.74) is 0.339. The Morgan fingerprint density at radius 2 is 1.60 bits per heavy atom. The van der Waals surface area contributed by atoms with Crippen LogP contribution in [-0.2, 0) is 16.2 Å². The molecule has 0 radical (unpaired) electrons. The average molecular weight is 348 g/mol. The molecular weight excluding hydrogens is 343 g/mol. The van der Waals surface area contributed by atoms with E-state index >= 15 is 0 Å². The van der Waals surface area contributed by atoms with E-state index in [1.165, 1.54) is 12.1 Å². The van der Waals surface area contributed by atoms with Crippen molar-refractivity contribution in [1.29, 1.82) is 0 Å². The van der Waals surface area contributed by atoms with Crippen molar-refractivity contribution in [3.8, 4) is 0 Å². The molecule has 0 aliphatic heterocycles. The van der Waals surface area contributed by atoms with Crippen molar-refractivity contribution in [1.82, 2.24) is 0 Å². The summed E-state index contributed by atoms with van der Waals surface area (Å²) in [6.45, 7) is 0. The minimum atomic E-state index is -1.62. The van der Waals surface area contributed by atoms with Crippen molar-refractivity contribution >= 4 is 59.6 Å². The van der Waals surface area contributed by atoms with Crippen LogP contribution in [0.1, 0.15) is 5.56 Å². The summed E-state index contributed by atoms with van der Waals surface area (Å²) < 4.78 is 0. The summed E-state index contributed by atoms with van der Waals surface area (Å²) in [4.78, 5) is 10.1. The zero-order chi connectivity index (χ0) is 11.1. The molecule has 0 saturated carbocycles. The molecule has 8 heteroatoms. The quantitative estimate of drug-likeness (QED) is 0.641. The molecule has 0 aliphatic rings. The van der Waals surface area contributed by atoms with Crippen LogP contribution in [0.2, 0.25) is 10.0 Å². The van der Waals surface area contributed by atoms with Gasteiger partial charge in [-0.3, -0.25) is 0 Å². The molecule has 0 amide bonds. The molecule has 2 N–H and O–H groups in total. The summed E-state index contributed by atoms with van der Waals surface area (Å²) in [6, 6.07) is 4.62. The molecule has 1 rings (SSSR count). The Morgan fingerprint density at radius 1 is 1.13 bits per heavy atom. The average Bonchev–Trinajstić information content (AvgIpc) is 2.03. The minimum absolute atomic E-state index is 0. The van der Waals surface area contributed by atoms with Gasteiger partial charge < -0.3 is 10.9 Å². The fourth-order valence-corrected chi connectivity index (χ4v) is 1.02. The molecule has 1 aromatic rings. The van der Waals surface area contributed by atoms with Crippen molar-refractivity contribution in [3.05, 3.63) is 40.0 Å². The molecule has 0 atom stereocenters. The predicted octanol–water partition coefficient (Wildman–Crippen LogP) is 5.23. The summed E-state index contributed by atoms with van der Waals surface area (Å²) in [5.74, 6) is 0. The Bertz CT molecular complexity index is 307. The maximum Gasteiger partial charge on any atom is -0.693 e. The van der Waals surface area contributed by atoms with Crippen LogP contribution in [0.4, 0.5) is 0 Å². The first-order valence-corrected chi connectivity index (χ1v) is 9.05. The zero-order valence-electron chi connectivity index (χ0n) is 7.02. The smallest absolute Gasteiger partial charge is 0.693 e. The number of carbonyl (C=O) groups excluding carboxylic acids is 1. The number of halogens is 5. The molecule has 87 valence electrons. The van der Waals surface area contributed by atoms with Crippen molar-refractivity contribution in [3.63, 3.8) is 0 Å². The summed E-state index contributed by atoms with van der Waals surface area (Å²) in [7, 11) is 14.8. The van der Waals surface area contributed by atoms with E-state index in [0.717, 1.165) is 0 Å². The SMILES string of the molecule is O=[C-]c1ccc(Cl)cc1Cl.[Cl][Cr]([Cl])[Cl].[NH2-]. The topological polar surface area (TPSA) is 50.6 Å². The molecular formula is C7H5Cl5CrNO-2. The van der Waals surface area contributed by atoms with E-state index in [2.05, 4.69) is 0 Å². The molecule has 0 heterocycles. The molecule has 0 spiro atoms. The van der Waals surface area contributed by atoms with E-state index in [0.29, 0.717) is 15.6 Å². The van der Waals surface area contributed by atoms with Gasteiger partial charge in [-0.05, 0) is 0 Å². The third kappa shape index (κ3) is 9.74. The predicted molar refractivity (Wildman–Crippen MR) is 64.1 cm³/mol. The summed E-state index contributed by atoms with van der Waals surface area (Å²) >= 11 is 9.52. The zero-order valence-corrected chi connectivity index (χ0v) is 12.1. The standard InChI is InChI=1S/C7H3Cl2O.3ClH.Cr.H2N/c8-6-2-1-5(4-10)7(9)3-6;;;;;/h1-3H;3*1H;;1H2/q-1;;;;+3;-1/p-3. The molecule has 0 fully saturated rings. The van der Waals surface area contributed by atoms with Crippen molar-refractivity contribution in [2.24, 2.45) is 0 Å². The molecule has 0 bridgehead atoms. The third-order valence-corrected chi connectivity index (χ3v) is 1.59. The minimum Gasteiger partial charge on any atom is -0.693 e. The van der Waals surface area contributed by atoms with Crippen molar-refractivity contribution in [2.45, 2.75) is 0 Å². The third-order valence-electron chi connectivity index (χ3n) is 1.04. The Labute approximate surface area is 115 Å². The van der Waals surface area contributed by atoms with E-state index in [-0.39, 0.29) is 6.15 Å². The van der Waals surface area contributed by atoms with Crippen LogP contribution in [0, 0.1) is 0 Å². The second kappa shape index (κ2) is 10.0. The van der Waals surface area contributed by atoms with Crippen LogP contribution in [0.15, 0.2) is 18.2 Å². The number of nitrogens with two attached hydrogens (primary N) is 1. The fraction of sp³-hybridized carbons (Fsp3) is 0. The second-order valence-corrected chi connectivity index (χ2v) is 9.06. The molecule has 0 unspecified atom stereocenters. The first kappa shape index (κ1) is 18.2. The van der Waals surface area contributed by atoms with E-state index < -0.39 is 11.4 Å². The Kier molecular flexibility index (Phi) is 12.2. The Morgan fingerprint density at radius 3 is 1.93 bits per heavy atom. The second-order valence-electron chi connectivity index (χ2n) is 1.90. The Hall–Kier alpha value is 0.832. The monoisotopic (exact) mass is 346 g/mol. The number of rotatable bonds is 1. The number of benzene rings is 1. The van der Waals surface area contributed by atoms with E-state index in [9.17, 15) is 4.79 Å². The van der Waals surface area contributed by atoms with E-state index in [1.54, 1.807) is 12.4 Å². The number of hydrogen-bond donors (Lipinski definition) is 0. The number of hydrogen-bond acceptors (Lipinski definition) is 1. The van der Waals surface area contributed by atoms with Gasteiger partial charge >= 0.3 is 41.5 Å². The van der Waals surface area contributed by atoms with Crippen LogP contribution in [0.25, 0.3) is 6.15 Å². The van der Waals surface area contributed by atoms with Gasteiger partial charge in [0.15, 0.2) is 0 Å². The Balaban J connectivity index is 0. The van der Waals surface area contributed by atoms with E-state index in [4.69, 9.17) is 53.3 Å². The molecule has 0 aromatic heterocycles. The van der Waals surface area contributed by atoms with Gasteiger partial charge in [0.2, 0.25) is 0 Å². The van der Waals surface area contributed by atoms with Crippen LogP contribution >= 0.6 is 53.3 Å². The molecule has 0 aliphatic carbocycles. The van der Waals surface area contributed by atoms with Crippen LogP contribution in [0.5, 0.6) is 0 Å². The van der Waals surface area contributed by atoms with Crippen LogP contribution in [-0.4, -0.2) is 6.29 Å². The summed E-state index contributed by atoms with van der Waals surface area (Å²) in [5, 5.41) is 0.853. The van der Waals surface area contributed by atoms with E-state index in [1.807, 2.05) is 0 Å². The van der Waals surface area contributed by atoms with Gasteiger partial charge in [0.1, 0.15) is 0 Å². The normalized spacial score (nSPS) is 8.67. The first-order valence-electron chi connectivity index (χ1n) is 3.03. The van der Waals surface area contributed by atoms with Gasteiger partial charge in [-0.1, -0.05) is 28.8 Å². The fourth-order valence-electron chi connectivity index (χ4n) is 0.572. The van der Waals surface area contributed by atoms with Crippen LogP contribution < -0.4 is 0 Å². The maximum absolute atomic E-state index is 10.1. The molecule has 2 nitrogen and oxygen atoms in total. The van der Waals surface area contributed by atoms with Gasteiger partial charge in [-0.15, -0.1) is 5.56 Å². The molecule has 0 saturated heterocycles. The molecule has 1 aromatic carbocycles. The first-order chi connectivity index (χ1) is 6.47. The maximum atomic E-state index is 10.1. The van der Waals surface area contributed by atoms with Gasteiger partial charge in [0.25, 0.3) is 0 Å². The van der Waals surface area contributed by atoms with Crippen molar-refractivity contribution in [2.75, 3.05) is 0 Å². The van der Waals surface area contributed by atoms with Crippen LogP contribution in [0.3, 0.4) is 0 Å². The largest absolute Gasteiger partial charge is 0.693 e. The molecule has 15 heavy (non-hydrogen) atoms.